The van der Waals surface area contributed by atoms with E-state index in [0.717, 1.165) is 18.1 Å². The number of aldehydes is 2. The standard InChI is InChI=1S/C25H25ClN2O5/c1-25(2,3)33-24(31)27-18-11-28-19-9-16(12-29)10-20(32-14-15-7-5-4-6-8-15)21(19)17(13-30)23(28)22(18)26/h4-10,12-13,18,22H,11,14H2,1-3H3,(H,27,31)/t18-,22-/m0/s1. The van der Waals surface area contributed by atoms with Gasteiger partial charge < -0.3 is 19.4 Å². The van der Waals surface area contributed by atoms with E-state index in [1.54, 1.807) is 32.9 Å². The molecule has 1 amide bonds. The van der Waals surface area contributed by atoms with E-state index < -0.39 is 23.1 Å². The Morgan fingerprint density at radius 3 is 2.55 bits per heavy atom. The van der Waals surface area contributed by atoms with Crippen LogP contribution in [0.1, 0.15) is 58.1 Å². The first-order valence-electron chi connectivity index (χ1n) is 10.6. The van der Waals surface area contributed by atoms with E-state index in [1.807, 2.05) is 34.9 Å². The molecule has 0 fully saturated rings. The summed E-state index contributed by atoms with van der Waals surface area (Å²) in [7, 11) is 0. The second-order valence-electron chi connectivity index (χ2n) is 8.99. The van der Waals surface area contributed by atoms with Crippen LogP contribution in [0.3, 0.4) is 0 Å². The molecule has 3 aromatic rings. The van der Waals surface area contributed by atoms with Gasteiger partial charge in [0.15, 0.2) is 6.29 Å². The molecule has 4 rings (SSSR count). The minimum atomic E-state index is -0.660. The van der Waals surface area contributed by atoms with Crippen molar-refractivity contribution in [1.29, 1.82) is 0 Å². The van der Waals surface area contributed by atoms with Crippen molar-refractivity contribution >= 4 is 41.2 Å². The van der Waals surface area contributed by atoms with Gasteiger partial charge in [0.1, 0.15) is 24.2 Å². The van der Waals surface area contributed by atoms with Gasteiger partial charge in [-0.25, -0.2) is 4.79 Å². The summed E-state index contributed by atoms with van der Waals surface area (Å²) in [6.07, 6.45) is 0.898. The van der Waals surface area contributed by atoms with Crippen molar-refractivity contribution in [2.24, 2.45) is 0 Å². The lowest BCUT2D eigenvalue weighted by atomic mass is 10.0. The Balaban J connectivity index is 1.71. The van der Waals surface area contributed by atoms with Crippen LogP contribution in [0.15, 0.2) is 42.5 Å². The number of rotatable bonds is 6. The Bertz CT molecular complexity index is 1210. The minimum Gasteiger partial charge on any atom is -0.488 e. The molecular formula is C25H25ClN2O5. The normalized spacial score (nSPS) is 17.5. The topological polar surface area (TPSA) is 86.6 Å². The molecule has 1 aliphatic heterocycles. The van der Waals surface area contributed by atoms with Crippen molar-refractivity contribution in [2.45, 2.75) is 50.9 Å². The number of nitrogens with zero attached hydrogens (tertiary/aromatic N) is 1. The fraction of sp³-hybridized carbons (Fsp3) is 0.320. The third-order valence-electron chi connectivity index (χ3n) is 5.42. The molecule has 0 radical (unpaired) electrons. The zero-order valence-corrected chi connectivity index (χ0v) is 19.4. The number of alkyl halides is 1. The first-order valence-corrected chi connectivity index (χ1v) is 11.1. The van der Waals surface area contributed by atoms with Gasteiger partial charge in [-0.15, -0.1) is 11.6 Å². The van der Waals surface area contributed by atoms with Crippen molar-refractivity contribution in [3.8, 4) is 5.75 Å². The maximum Gasteiger partial charge on any atom is 0.407 e. The molecule has 1 aromatic heterocycles. The number of halogens is 1. The van der Waals surface area contributed by atoms with Crippen molar-refractivity contribution in [3.05, 3.63) is 64.8 Å². The zero-order chi connectivity index (χ0) is 23.8. The molecule has 1 aliphatic rings. The molecule has 2 aromatic carbocycles. The van der Waals surface area contributed by atoms with Crippen LogP contribution >= 0.6 is 11.6 Å². The van der Waals surface area contributed by atoms with Gasteiger partial charge in [0.25, 0.3) is 0 Å². The molecule has 1 N–H and O–H groups in total. The number of alkyl carbamates (subject to hydrolysis) is 1. The first-order chi connectivity index (χ1) is 15.7. The number of nitrogens with one attached hydrogen (secondary N) is 1. The Hall–Kier alpha value is -3.32. The number of ether oxygens (including phenoxy) is 2. The van der Waals surface area contributed by atoms with E-state index in [4.69, 9.17) is 21.1 Å². The number of carbonyl (C=O) groups excluding carboxylic acids is 3. The van der Waals surface area contributed by atoms with Crippen molar-refractivity contribution < 1.29 is 23.9 Å². The second-order valence-corrected chi connectivity index (χ2v) is 9.46. The maximum atomic E-state index is 12.3. The smallest absolute Gasteiger partial charge is 0.407 e. The third kappa shape index (κ3) is 4.59. The summed E-state index contributed by atoms with van der Waals surface area (Å²) in [4.78, 5) is 36.1. The molecule has 33 heavy (non-hydrogen) atoms. The fourth-order valence-corrected chi connectivity index (χ4v) is 4.47. The van der Waals surface area contributed by atoms with Crippen LogP contribution in [0.5, 0.6) is 5.75 Å². The van der Waals surface area contributed by atoms with Gasteiger partial charge in [-0.1, -0.05) is 30.3 Å². The first kappa shape index (κ1) is 22.9. The Labute approximate surface area is 196 Å². The largest absolute Gasteiger partial charge is 0.488 e. The molecule has 172 valence electrons. The number of carbonyl (C=O) groups is 3. The Morgan fingerprint density at radius 2 is 1.91 bits per heavy atom. The lowest BCUT2D eigenvalue weighted by Crippen LogP contribution is -2.40. The lowest BCUT2D eigenvalue weighted by Gasteiger charge is -2.23. The van der Waals surface area contributed by atoms with Crippen LogP contribution in [0, 0.1) is 0 Å². The van der Waals surface area contributed by atoms with Crippen LogP contribution in [-0.4, -0.2) is 34.9 Å². The quantitative estimate of drug-likeness (QED) is 0.405. The van der Waals surface area contributed by atoms with Gasteiger partial charge >= 0.3 is 6.09 Å². The van der Waals surface area contributed by atoms with E-state index in [2.05, 4.69) is 5.32 Å². The predicted molar refractivity (Wildman–Crippen MR) is 125 cm³/mol. The highest BCUT2D eigenvalue weighted by Gasteiger charge is 2.38. The van der Waals surface area contributed by atoms with Crippen LogP contribution in [0.4, 0.5) is 4.79 Å². The fourth-order valence-electron chi connectivity index (χ4n) is 4.10. The molecule has 0 aliphatic carbocycles. The SMILES string of the molecule is CC(C)(C)OC(=O)N[C@H]1Cn2c(c(C=O)c3c(OCc4ccccc4)cc(C=O)cc32)[C@H]1Cl. The molecule has 8 heteroatoms. The van der Waals surface area contributed by atoms with Gasteiger partial charge in [-0.05, 0) is 38.5 Å². The molecule has 0 bridgehead atoms. The number of aromatic nitrogens is 1. The number of hydrogen-bond donors (Lipinski definition) is 1. The van der Waals surface area contributed by atoms with E-state index in [-0.39, 0.29) is 6.61 Å². The highest BCUT2D eigenvalue weighted by molar-refractivity contribution is 6.23. The summed E-state index contributed by atoms with van der Waals surface area (Å²) >= 11 is 6.72. The zero-order valence-electron chi connectivity index (χ0n) is 18.6. The lowest BCUT2D eigenvalue weighted by molar-refractivity contribution is 0.0503. The summed E-state index contributed by atoms with van der Waals surface area (Å²) in [5, 5.41) is 2.73. The Morgan fingerprint density at radius 1 is 1.18 bits per heavy atom. The van der Waals surface area contributed by atoms with Gasteiger partial charge in [-0.3, -0.25) is 9.59 Å². The average Bonchev–Trinajstić information content (AvgIpc) is 3.25. The van der Waals surface area contributed by atoms with Crippen LogP contribution in [0.25, 0.3) is 10.9 Å². The van der Waals surface area contributed by atoms with Crippen molar-refractivity contribution in [3.63, 3.8) is 0 Å². The molecule has 0 saturated carbocycles. The molecule has 0 spiro atoms. The van der Waals surface area contributed by atoms with Crippen molar-refractivity contribution in [2.75, 3.05) is 0 Å². The number of hydrogen-bond acceptors (Lipinski definition) is 5. The summed E-state index contributed by atoms with van der Waals surface area (Å²) in [5.41, 5.74) is 2.34. The monoisotopic (exact) mass is 468 g/mol. The van der Waals surface area contributed by atoms with Crippen LogP contribution < -0.4 is 10.1 Å². The number of fused-ring (bicyclic) bond motifs is 3. The van der Waals surface area contributed by atoms with E-state index >= 15 is 0 Å². The summed E-state index contributed by atoms with van der Waals surface area (Å²) in [5.74, 6) is 0.433. The molecular weight excluding hydrogens is 444 g/mol. The van der Waals surface area contributed by atoms with E-state index in [0.29, 0.717) is 40.0 Å². The number of benzene rings is 2. The highest BCUT2D eigenvalue weighted by Crippen LogP contribution is 2.43. The summed E-state index contributed by atoms with van der Waals surface area (Å²) in [6, 6.07) is 12.5. The predicted octanol–water partition coefficient (Wildman–Crippen LogP) is 5.03. The summed E-state index contributed by atoms with van der Waals surface area (Å²) in [6.45, 7) is 5.94. The van der Waals surface area contributed by atoms with Crippen LogP contribution in [-0.2, 0) is 17.9 Å². The molecule has 2 heterocycles. The molecule has 7 nitrogen and oxygen atoms in total. The summed E-state index contributed by atoms with van der Waals surface area (Å²) < 4.78 is 13.3. The van der Waals surface area contributed by atoms with Gasteiger partial charge in [0.2, 0.25) is 0 Å². The second kappa shape index (κ2) is 8.90. The maximum absolute atomic E-state index is 12.3. The number of amides is 1. The van der Waals surface area contributed by atoms with Gasteiger partial charge in [-0.2, -0.15) is 0 Å². The van der Waals surface area contributed by atoms with Gasteiger partial charge in [0, 0.05) is 23.4 Å². The molecule has 0 saturated heterocycles. The molecule has 0 unspecified atom stereocenters. The van der Waals surface area contributed by atoms with Gasteiger partial charge in [0.05, 0.1) is 22.3 Å². The highest BCUT2D eigenvalue weighted by atomic mass is 35.5. The van der Waals surface area contributed by atoms with Crippen LogP contribution in [0.2, 0.25) is 0 Å². The molecule has 2 atom stereocenters. The minimum absolute atomic E-state index is 0.282. The van der Waals surface area contributed by atoms with E-state index in [1.165, 1.54) is 0 Å². The van der Waals surface area contributed by atoms with Crippen molar-refractivity contribution in [1.82, 2.24) is 9.88 Å². The Kier molecular flexibility index (Phi) is 6.17. The average molecular weight is 469 g/mol. The third-order valence-corrected chi connectivity index (χ3v) is 5.93. The van der Waals surface area contributed by atoms with E-state index in [9.17, 15) is 14.4 Å².